The van der Waals surface area contributed by atoms with Gasteiger partial charge in [0.15, 0.2) is 6.29 Å². The van der Waals surface area contributed by atoms with Crippen LogP contribution in [0.3, 0.4) is 0 Å². The van der Waals surface area contributed by atoms with Gasteiger partial charge < -0.3 is 29.2 Å². The van der Waals surface area contributed by atoms with Crippen molar-refractivity contribution in [3.63, 3.8) is 0 Å². The standard InChI is InChI=1S/C41H43N7O6S/c1-26(2)31-12-13-35(47-21-28(22-47)25-55(4,49)50)34-20-43-38(18-33(31)34)45-37-14-15-42-41(46-37)48-23-29(19-44-48)32-6-5-7-36(39(32)40-52-16-17-53-40)54-24-27-8-10-30(51-3)11-9-27/h5-15,18-20,23,26,28,40H,16-17,21-22,24-25H2,1-4H3,(H,42,43,45,46). The second kappa shape index (κ2) is 15.3. The summed E-state index contributed by atoms with van der Waals surface area (Å²) in [5.74, 6) is 3.65. The van der Waals surface area contributed by atoms with Crippen molar-refractivity contribution in [2.24, 2.45) is 5.92 Å². The Bertz CT molecular complexity index is 2420. The fraction of sp³-hybridized carbons (Fsp3) is 0.317. The van der Waals surface area contributed by atoms with Crippen molar-refractivity contribution in [3.05, 3.63) is 108 Å². The van der Waals surface area contributed by atoms with Gasteiger partial charge in [0.2, 0.25) is 0 Å². The normalized spacial score (nSPS) is 15.1. The first kappa shape index (κ1) is 36.4. The van der Waals surface area contributed by atoms with Gasteiger partial charge in [-0.2, -0.15) is 10.1 Å². The van der Waals surface area contributed by atoms with Crippen molar-refractivity contribution in [1.29, 1.82) is 0 Å². The molecular formula is C41H43N7O6S. The first-order valence-corrected chi connectivity index (χ1v) is 20.3. The molecule has 0 bridgehead atoms. The van der Waals surface area contributed by atoms with Gasteiger partial charge in [-0.3, -0.25) is 0 Å². The van der Waals surface area contributed by atoms with Gasteiger partial charge in [0.1, 0.15) is 39.6 Å². The van der Waals surface area contributed by atoms with Crippen molar-refractivity contribution in [1.82, 2.24) is 24.7 Å². The van der Waals surface area contributed by atoms with Crippen molar-refractivity contribution in [2.45, 2.75) is 32.7 Å². The summed E-state index contributed by atoms with van der Waals surface area (Å²) in [7, 11) is -1.37. The van der Waals surface area contributed by atoms with E-state index < -0.39 is 16.1 Å². The smallest absolute Gasteiger partial charge is 0.252 e. The minimum Gasteiger partial charge on any atom is -0.497 e. The second-order valence-electron chi connectivity index (χ2n) is 14.3. The predicted octanol–water partition coefficient (Wildman–Crippen LogP) is 6.86. The van der Waals surface area contributed by atoms with E-state index in [1.807, 2.05) is 60.9 Å². The Hall–Kier alpha value is -5.57. The Balaban J connectivity index is 1.03. The molecule has 5 heterocycles. The van der Waals surface area contributed by atoms with E-state index in [-0.39, 0.29) is 17.6 Å². The van der Waals surface area contributed by atoms with E-state index in [1.165, 1.54) is 11.8 Å². The number of ether oxygens (including phenoxy) is 4. The Morgan fingerprint density at radius 3 is 2.49 bits per heavy atom. The van der Waals surface area contributed by atoms with Gasteiger partial charge in [-0.15, -0.1) is 0 Å². The minimum atomic E-state index is -3.02. The molecule has 0 amide bonds. The SMILES string of the molecule is COc1ccc(COc2cccc(-c3cnn(-c4nccc(Nc5cc6c(C(C)C)ccc(N7CC(CS(C)(=O)=O)C7)c6cn5)n4)c3)c2C2OCCO2)cc1. The molecule has 3 aromatic heterocycles. The van der Waals surface area contributed by atoms with Crippen molar-refractivity contribution >= 4 is 37.9 Å². The summed E-state index contributed by atoms with van der Waals surface area (Å²) < 4.78 is 48.9. The number of pyridine rings is 1. The highest BCUT2D eigenvalue weighted by molar-refractivity contribution is 7.90. The summed E-state index contributed by atoms with van der Waals surface area (Å²) in [5.41, 5.74) is 5.74. The molecule has 0 aliphatic carbocycles. The lowest BCUT2D eigenvalue weighted by molar-refractivity contribution is -0.0454. The molecule has 6 aromatic rings. The molecule has 1 N–H and O–H groups in total. The molecule has 0 saturated carbocycles. The van der Waals surface area contributed by atoms with Crippen LogP contribution in [-0.4, -0.2) is 78.6 Å². The van der Waals surface area contributed by atoms with Gasteiger partial charge in [0, 0.05) is 60.5 Å². The Morgan fingerprint density at radius 2 is 1.75 bits per heavy atom. The maximum atomic E-state index is 11.8. The summed E-state index contributed by atoms with van der Waals surface area (Å²) in [6.45, 7) is 7.09. The van der Waals surface area contributed by atoms with E-state index in [1.54, 1.807) is 30.3 Å². The number of hydrogen-bond acceptors (Lipinski definition) is 12. The van der Waals surface area contributed by atoms with E-state index in [9.17, 15) is 8.42 Å². The number of benzene rings is 3. The van der Waals surface area contributed by atoms with Crippen LogP contribution in [0.4, 0.5) is 17.3 Å². The average Bonchev–Trinajstić information content (AvgIpc) is 3.88. The predicted molar refractivity (Wildman–Crippen MR) is 211 cm³/mol. The zero-order chi connectivity index (χ0) is 38.1. The van der Waals surface area contributed by atoms with E-state index in [2.05, 4.69) is 46.3 Å². The van der Waals surface area contributed by atoms with Crippen LogP contribution in [0.1, 0.15) is 42.7 Å². The van der Waals surface area contributed by atoms with Gasteiger partial charge in [0.25, 0.3) is 5.95 Å². The van der Waals surface area contributed by atoms with E-state index in [0.29, 0.717) is 56.2 Å². The molecule has 55 heavy (non-hydrogen) atoms. The highest BCUT2D eigenvalue weighted by atomic mass is 32.2. The number of hydrogen-bond donors (Lipinski definition) is 1. The Labute approximate surface area is 320 Å². The van der Waals surface area contributed by atoms with Crippen LogP contribution in [0, 0.1) is 5.92 Å². The molecule has 0 atom stereocenters. The van der Waals surface area contributed by atoms with Crippen LogP contribution >= 0.6 is 0 Å². The number of methoxy groups -OCH3 is 1. The third-order valence-electron chi connectivity index (χ3n) is 9.84. The highest BCUT2D eigenvalue weighted by Gasteiger charge is 2.31. The van der Waals surface area contributed by atoms with Crippen LogP contribution in [0.5, 0.6) is 11.5 Å². The summed E-state index contributed by atoms with van der Waals surface area (Å²) in [6, 6.07) is 21.8. The number of fused-ring (bicyclic) bond motifs is 1. The number of nitrogens with zero attached hydrogens (tertiary/aromatic N) is 6. The van der Waals surface area contributed by atoms with Gasteiger partial charge in [-0.05, 0) is 64.4 Å². The number of anilines is 3. The Kier molecular flexibility index (Phi) is 10.1. The quantitative estimate of drug-likeness (QED) is 0.131. The number of aromatic nitrogens is 5. The maximum Gasteiger partial charge on any atom is 0.252 e. The van der Waals surface area contributed by atoms with Crippen LogP contribution in [0.25, 0.3) is 27.8 Å². The molecule has 0 spiro atoms. The molecular weight excluding hydrogens is 719 g/mol. The van der Waals surface area contributed by atoms with E-state index in [4.69, 9.17) is 28.9 Å². The zero-order valence-electron chi connectivity index (χ0n) is 31.2. The lowest BCUT2D eigenvalue weighted by Gasteiger charge is -2.41. The summed E-state index contributed by atoms with van der Waals surface area (Å²) in [6.07, 6.45) is 7.92. The van der Waals surface area contributed by atoms with Crippen molar-refractivity contribution < 1.29 is 27.4 Å². The third kappa shape index (κ3) is 7.97. The molecule has 2 aliphatic heterocycles. The Morgan fingerprint density at radius 1 is 0.945 bits per heavy atom. The summed E-state index contributed by atoms with van der Waals surface area (Å²) in [5, 5.41) is 10.1. The van der Waals surface area contributed by atoms with E-state index >= 15 is 0 Å². The first-order chi connectivity index (χ1) is 26.6. The summed E-state index contributed by atoms with van der Waals surface area (Å²) in [4.78, 5) is 16.3. The topological polar surface area (TPSA) is 143 Å². The molecule has 2 saturated heterocycles. The van der Waals surface area contributed by atoms with Crippen molar-refractivity contribution in [3.8, 4) is 28.6 Å². The van der Waals surface area contributed by atoms with Gasteiger partial charge in [-0.25, -0.2) is 23.1 Å². The molecule has 2 fully saturated rings. The average molecular weight is 762 g/mol. The fourth-order valence-electron chi connectivity index (χ4n) is 7.20. The molecule has 14 heteroatoms. The second-order valence-corrected chi connectivity index (χ2v) is 16.5. The number of nitrogens with one attached hydrogen (secondary N) is 1. The van der Waals surface area contributed by atoms with Crippen LogP contribution < -0.4 is 19.7 Å². The van der Waals surface area contributed by atoms with Gasteiger partial charge in [0.05, 0.1) is 37.8 Å². The van der Waals surface area contributed by atoms with Crippen LogP contribution in [0.2, 0.25) is 0 Å². The summed E-state index contributed by atoms with van der Waals surface area (Å²) >= 11 is 0. The third-order valence-corrected chi connectivity index (χ3v) is 10.9. The zero-order valence-corrected chi connectivity index (χ0v) is 32.0. The highest BCUT2D eigenvalue weighted by Crippen LogP contribution is 2.40. The number of sulfone groups is 1. The van der Waals surface area contributed by atoms with Crippen LogP contribution in [0.15, 0.2) is 91.5 Å². The lowest BCUT2D eigenvalue weighted by Crippen LogP contribution is -2.49. The van der Waals surface area contributed by atoms with Crippen molar-refractivity contribution in [2.75, 3.05) is 55.6 Å². The van der Waals surface area contributed by atoms with E-state index in [0.717, 1.165) is 44.5 Å². The maximum absolute atomic E-state index is 11.8. The molecule has 13 nitrogen and oxygen atoms in total. The molecule has 3 aromatic carbocycles. The first-order valence-electron chi connectivity index (χ1n) is 18.2. The molecule has 2 aliphatic rings. The van der Waals surface area contributed by atoms with Gasteiger partial charge in [-0.1, -0.05) is 44.2 Å². The van der Waals surface area contributed by atoms with Crippen LogP contribution in [-0.2, 0) is 25.9 Å². The molecule has 284 valence electrons. The van der Waals surface area contributed by atoms with Gasteiger partial charge >= 0.3 is 0 Å². The minimum absolute atomic E-state index is 0.133. The monoisotopic (exact) mass is 761 g/mol. The lowest BCUT2D eigenvalue weighted by atomic mass is 9.93. The molecule has 8 rings (SSSR count). The number of rotatable bonds is 13. The molecule has 0 radical (unpaired) electrons. The largest absolute Gasteiger partial charge is 0.497 e. The molecule has 0 unspecified atom stereocenters. The fourth-order valence-corrected chi connectivity index (χ4v) is 8.26.